The van der Waals surface area contributed by atoms with Crippen molar-refractivity contribution in [2.45, 2.75) is 43.2 Å². The van der Waals surface area contributed by atoms with Crippen LogP contribution in [0, 0.1) is 11.6 Å². The molecule has 0 saturated carbocycles. The summed E-state index contributed by atoms with van der Waals surface area (Å²) < 4.78 is 30.7. The molecule has 0 bridgehead atoms. The Labute approximate surface area is 246 Å². The number of thioether (sulfide) groups is 1. The molecule has 2 saturated heterocycles. The molecule has 2 atom stereocenters. The van der Waals surface area contributed by atoms with Gasteiger partial charge in [0.05, 0.1) is 10.5 Å². The molecule has 0 spiro atoms. The summed E-state index contributed by atoms with van der Waals surface area (Å²) in [7, 11) is 0. The van der Waals surface area contributed by atoms with Gasteiger partial charge in [0, 0.05) is 64.9 Å². The van der Waals surface area contributed by atoms with E-state index in [9.17, 15) is 14.0 Å². The number of aromatic nitrogens is 2. The lowest BCUT2D eigenvalue weighted by atomic mass is 10.0. The van der Waals surface area contributed by atoms with E-state index >= 15 is 4.39 Å². The van der Waals surface area contributed by atoms with Crippen molar-refractivity contribution in [2.24, 2.45) is 0 Å². The normalized spacial score (nSPS) is 20.8. The van der Waals surface area contributed by atoms with Gasteiger partial charge in [-0.2, -0.15) is 4.98 Å². The molecule has 2 fully saturated rings. The van der Waals surface area contributed by atoms with Crippen LogP contribution in [0.5, 0.6) is 0 Å². The SMILES string of the molecule is C=CC(=O)N1CCN(c2nc(=O)n3c4c(c(-c5ccc(F)cc5F)c(Cl)cc24)SCC3CCCN2CCC2)[C@@H](C)C1. The highest BCUT2D eigenvalue weighted by atomic mass is 35.5. The maximum absolute atomic E-state index is 15.1. The van der Waals surface area contributed by atoms with Gasteiger partial charge in [0.15, 0.2) is 0 Å². The maximum atomic E-state index is 15.1. The Balaban J connectivity index is 1.49. The van der Waals surface area contributed by atoms with Crippen molar-refractivity contribution in [1.29, 1.82) is 0 Å². The zero-order chi connectivity index (χ0) is 28.8. The molecule has 7 nitrogen and oxygen atoms in total. The lowest BCUT2D eigenvalue weighted by Gasteiger charge is -2.41. The molecule has 11 heteroatoms. The standard InChI is InChI=1S/C30H32ClF2N5O2S/c1-3-25(39)36-12-13-37(18(2)16-36)29-22-15-23(31)26(21-8-7-19(32)14-24(21)33)28-27(22)38(30(40)34-29)20(17-41-28)6-4-9-35-10-5-11-35/h3,7-8,14-15,18,20H,1,4-6,9-13,16-17H2,2H3/t18-,20?/m0/s1. The molecule has 41 heavy (non-hydrogen) atoms. The highest BCUT2D eigenvalue weighted by Gasteiger charge is 2.34. The average molecular weight is 600 g/mol. The van der Waals surface area contributed by atoms with Gasteiger partial charge in [0.2, 0.25) is 5.91 Å². The van der Waals surface area contributed by atoms with Crippen LogP contribution in [0.2, 0.25) is 5.02 Å². The number of benzene rings is 2. The molecule has 3 aromatic rings. The number of rotatable bonds is 7. The van der Waals surface area contributed by atoms with E-state index in [2.05, 4.69) is 16.5 Å². The van der Waals surface area contributed by atoms with Crippen molar-refractivity contribution in [2.75, 3.05) is 49.9 Å². The summed E-state index contributed by atoms with van der Waals surface area (Å²) in [4.78, 5) is 37.6. The molecule has 0 radical (unpaired) electrons. The number of nitrogens with zero attached hydrogens (tertiary/aromatic N) is 5. The third-order valence-corrected chi connectivity index (χ3v) is 9.96. The Morgan fingerprint density at radius 2 is 2.02 bits per heavy atom. The number of likely N-dealkylation sites (tertiary alicyclic amines) is 1. The Morgan fingerprint density at radius 1 is 1.22 bits per heavy atom. The predicted molar refractivity (Wildman–Crippen MR) is 160 cm³/mol. The van der Waals surface area contributed by atoms with E-state index in [1.807, 2.05) is 11.8 Å². The average Bonchev–Trinajstić information content (AvgIpc) is 2.92. The minimum absolute atomic E-state index is 0.0723. The maximum Gasteiger partial charge on any atom is 0.350 e. The Bertz CT molecular complexity index is 1590. The summed E-state index contributed by atoms with van der Waals surface area (Å²) in [5, 5.41) is 1.02. The molecule has 1 amide bonds. The van der Waals surface area contributed by atoms with Gasteiger partial charge >= 0.3 is 5.69 Å². The Morgan fingerprint density at radius 3 is 2.71 bits per heavy atom. The fourth-order valence-corrected chi connectivity index (χ4v) is 7.94. The van der Waals surface area contributed by atoms with E-state index in [4.69, 9.17) is 11.6 Å². The molecular weight excluding hydrogens is 568 g/mol. The number of anilines is 1. The molecule has 6 rings (SSSR count). The van der Waals surface area contributed by atoms with Crippen LogP contribution in [0.25, 0.3) is 22.0 Å². The van der Waals surface area contributed by atoms with E-state index in [1.165, 1.54) is 24.6 Å². The van der Waals surface area contributed by atoms with Crippen LogP contribution in [-0.2, 0) is 4.79 Å². The van der Waals surface area contributed by atoms with Crippen molar-refractivity contribution in [3.05, 3.63) is 64.1 Å². The van der Waals surface area contributed by atoms with Crippen molar-refractivity contribution < 1.29 is 13.6 Å². The number of hydrogen-bond donors (Lipinski definition) is 0. The smallest absolute Gasteiger partial charge is 0.350 e. The zero-order valence-electron chi connectivity index (χ0n) is 22.9. The molecule has 216 valence electrons. The summed E-state index contributed by atoms with van der Waals surface area (Å²) in [6.45, 7) is 10.2. The topological polar surface area (TPSA) is 61.7 Å². The summed E-state index contributed by atoms with van der Waals surface area (Å²) in [6, 6.07) is 5.04. The second kappa shape index (κ2) is 11.4. The lowest BCUT2D eigenvalue weighted by molar-refractivity contribution is -0.126. The molecule has 4 heterocycles. The molecule has 0 aliphatic carbocycles. The molecule has 3 aliphatic heterocycles. The van der Waals surface area contributed by atoms with Crippen LogP contribution in [0.3, 0.4) is 0 Å². The largest absolute Gasteiger partial charge is 0.350 e. The number of amides is 1. The first-order chi connectivity index (χ1) is 19.8. The molecular formula is C30H32ClF2N5O2S. The third kappa shape index (κ3) is 5.15. The molecule has 1 aromatic heterocycles. The summed E-state index contributed by atoms with van der Waals surface area (Å²) in [6.07, 6.45) is 4.32. The fraction of sp³-hybridized carbons (Fsp3) is 0.433. The van der Waals surface area contributed by atoms with E-state index in [1.54, 1.807) is 27.3 Å². The minimum Gasteiger partial charge on any atom is -0.350 e. The monoisotopic (exact) mass is 599 g/mol. The van der Waals surface area contributed by atoms with Gasteiger partial charge in [-0.15, -0.1) is 11.8 Å². The number of piperazine rings is 1. The first kappa shape index (κ1) is 28.2. The first-order valence-electron chi connectivity index (χ1n) is 14.0. The van der Waals surface area contributed by atoms with Gasteiger partial charge < -0.3 is 14.7 Å². The van der Waals surface area contributed by atoms with Gasteiger partial charge in [-0.05, 0) is 70.1 Å². The molecule has 3 aliphatic rings. The Kier molecular flexibility index (Phi) is 7.82. The summed E-state index contributed by atoms with van der Waals surface area (Å²) in [5.74, 6) is -0.376. The van der Waals surface area contributed by atoms with Crippen LogP contribution in [0.4, 0.5) is 14.6 Å². The third-order valence-electron chi connectivity index (χ3n) is 8.43. The number of carbonyl (C=O) groups is 1. The van der Waals surface area contributed by atoms with Gasteiger partial charge in [-0.1, -0.05) is 18.2 Å². The summed E-state index contributed by atoms with van der Waals surface area (Å²) >= 11 is 8.44. The van der Waals surface area contributed by atoms with E-state index < -0.39 is 11.6 Å². The van der Waals surface area contributed by atoms with Gasteiger partial charge in [0.25, 0.3) is 0 Å². The van der Waals surface area contributed by atoms with E-state index in [-0.39, 0.29) is 29.2 Å². The second-order valence-corrected chi connectivity index (χ2v) is 12.4. The molecule has 0 N–H and O–H groups in total. The van der Waals surface area contributed by atoms with Crippen LogP contribution in [-0.4, -0.2) is 76.3 Å². The van der Waals surface area contributed by atoms with Gasteiger partial charge in [-0.3, -0.25) is 9.36 Å². The van der Waals surface area contributed by atoms with Crippen LogP contribution < -0.4 is 10.6 Å². The number of carbonyl (C=O) groups excluding carboxylic acids is 1. The quantitative estimate of drug-likeness (QED) is 0.341. The Hall–Kier alpha value is -2.95. The van der Waals surface area contributed by atoms with Crippen molar-refractivity contribution >= 4 is 46.0 Å². The highest BCUT2D eigenvalue weighted by Crippen LogP contribution is 2.48. The van der Waals surface area contributed by atoms with E-state index in [0.717, 1.165) is 38.5 Å². The van der Waals surface area contributed by atoms with Crippen LogP contribution in [0.15, 0.2) is 46.6 Å². The van der Waals surface area contributed by atoms with Crippen LogP contribution in [0.1, 0.15) is 32.2 Å². The first-order valence-corrected chi connectivity index (χ1v) is 15.4. The predicted octanol–water partition coefficient (Wildman–Crippen LogP) is 5.35. The van der Waals surface area contributed by atoms with E-state index in [0.29, 0.717) is 57.6 Å². The lowest BCUT2D eigenvalue weighted by Crippen LogP contribution is -2.54. The minimum atomic E-state index is -0.709. The zero-order valence-corrected chi connectivity index (χ0v) is 24.5. The van der Waals surface area contributed by atoms with Crippen molar-refractivity contribution in [3.63, 3.8) is 0 Å². The van der Waals surface area contributed by atoms with Gasteiger partial charge in [0.1, 0.15) is 17.5 Å². The molecule has 1 unspecified atom stereocenters. The highest BCUT2D eigenvalue weighted by molar-refractivity contribution is 7.99. The number of hydrogen-bond acceptors (Lipinski definition) is 6. The summed E-state index contributed by atoms with van der Waals surface area (Å²) in [5.41, 5.74) is 0.984. The van der Waals surface area contributed by atoms with Crippen molar-refractivity contribution in [3.8, 4) is 11.1 Å². The fourth-order valence-electron chi connectivity index (χ4n) is 6.19. The van der Waals surface area contributed by atoms with Crippen LogP contribution >= 0.6 is 23.4 Å². The van der Waals surface area contributed by atoms with Gasteiger partial charge in [-0.25, -0.2) is 13.6 Å². The molecule has 2 aromatic carbocycles. The van der Waals surface area contributed by atoms with Crippen molar-refractivity contribution in [1.82, 2.24) is 19.4 Å². The second-order valence-electron chi connectivity index (χ2n) is 11.0. The number of halogens is 3.